The predicted octanol–water partition coefficient (Wildman–Crippen LogP) is 2.11. The van der Waals surface area contributed by atoms with Crippen molar-refractivity contribution in [1.82, 2.24) is 0 Å². The molecule has 1 aliphatic carbocycles. The molecule has 0 fully saturated rings. The van der Waals surface area contributed by atoms with Crippen LogP contribution in [0.25, 0.3) is 0 Å². The Hall–Kier alpha value is -1.84. The Morgan fingerprint density at radius 2 is 1.24 bits per heavy atom. The number of hydrogen-bond donors (Lipinski definition) is 0. The number of carbonyl (C=O) groups excluding carboxylic acids is 2. The van der Waals surface area contributed by atoms with E-state index in [-0.39, 0.29) is 11.6 Å². The molecule has 1 aromatic carbocycles. The van der Waals surface area contributed by atoms with Gasteiger partial charge in [-0.1, -0.05) is 0 Å². The Bertz CT molecular complexity index is 469. The van der Waals surface area contributed by atoms with Gasteiger partial charge in [0.05, 0.1) is 19.6 Å². The SMILES string of the molecule is COc1cc2c(cc1OC)C(=O)C(C)(C)C2=O. The van der Waals surface area contributed by atoms with Crippen LogP contribution in [0.2, 0.25) is 0 Å². The van der Waals surface area contributed by atoms with Crippen molar-refractivity contribution < 1.29 is 19.1 Å². The van der Waals surface area contributed by atoms with Crippen molar-refractivity contribution in [3.8, 4) is 11.5 Å². The molecule has 0 atom stereocenters. The fourth-order valence-corrected chi connectivity index (χ4v) is 2.03. The molecule has 1 aliphatic rings. The second-order valence-corrected chi connectivity index (χ2v) is 4.54. The van der Waals surface area contributed by atoms with Crippen molar-refractivity contribution in [3.05, 3.63) is 23.3 Å². The highest BCUT2D eigenvalue weighted by Gasteiger charge is 2.46. The molecule has 0 radical (unpaired) electrons. The van der Waals surface area contributed by atoms with Crippen LogP contribution in [0, 0.1) is 5.41 Å². The van der Waals surface area contributed by atoms with Crippen molar-refractivity contribution in [2.75, 3.05) is 14.2 Å². The van der Waals surface area contributed by atoms with Gasteiger partial charge in [-0.2, -0.15) is 0 Å². The predicted molar refractivity (Wildman–Crippen MR) is 62.0 cm³/mol. The van der Waals surface area contributed by atoms with Crippen LogP contribution in [-0.4, -0.2) is 25.8 Å². The second kappa shape index (κ2) is 3.58. The van der Waals surface area contributed by atoms with Crippen LogP contribution in [0.5, 0.6) is 11.5 Å². The van der Waals surface area contributed by atoms with Gasteiger partial charge >= 0.3 is 0 Å². The molecular formula is C13H14O4. The summed E-state index contributed by atoms with van der Waals surface area (Å²) in [5.41, 5.74) is -0.157. The first-order valence-electron chi connectivity index (χ1n) is 5.29. The summed E-state index contributed by atoms with van der Waals surface area (Å²) in [6.07, 6.45) is 0. The Kier molecular flexibility index (Phi) is 2.45. The zero-order valence-electron chi connectivity index (χ0n) is 10.3. The fourth-order valence-electron chi connectivity index (χ4n) is 2.03. The summed E-state index contributed by atoms with van der Waals surface area (Å²) in [4.78, 5) is 24.2. The van der Waals surface area contributed by atoms with Crippen molar-refractivity contribution in [2.45, 2.75) is 13.8 Å². The smallest absolute Gasteiger partial charge is 0.177 e. The number of fused-ring (bicyclic) bond motifs is 1. The van der Waals surface area contributed by atoms with E-state index in [0.29, 0.717) is 22.6 Å². The molecule has 17 heavy (non-hydrogen) atoms. The average Bonchev–Trinajstić information content (AvgIpc) is 2.49. The molecule has 0 spiro atoms. The monoisotopic (exact) mass is 234 g/mol. The summed E-state index contributed by atoms with van der Waals surface area (Å²) in [6.45, 7) is 3.27. The van der Waals surface area contributed by atoms with Crippen LogP contribution in [0.1, 0.15) is 34.6 Å². The maximum Gasteiger partial charge on any atom is 0.177 e. The molecule has 0 saturated carbocycles. The van der Waals surface area contributed by atoms with E-state index in [1.807, 2.05) is 0 Å². The second-order valence-electron chi connectivity index (χ2n) is 4.54. The van der Waals surface area contributed by atoms with Crippen LogP contribution in [0.4, 0.5) is 0 Å². The lowest BCUT2D eigenvalue weighted by Gasteiger charge is -2.11. The minimum absolute atomic E-state index is 0.168. The lowest BCUT2D eigenvalue weighted by Crippen LogP contribution is -2.25. The maximum absolute atomic E-state index is 12.1. The van der Waals surface area contributed by atoms with Gasteiger partial charge in [-0.05, 0) is 26.0 Å². The quantitative estimate of drug-likeness (QED) is 0.735. The Balaban J connectivity index is 2.68. The summed E-state index contributed by atoms with van der Waals surface area (Å²) in [5, 5.41) is 0. The molecule has 0 unspecified atom stereocenters. The van der Waals surface area contributed by atoms with Gasteiger partial charge in [0.1, 0.15) is 0 Å². The van der Waals surface area contributed by atoms with E-state index in [4.69, 9.17) is 9.47 Å². The number of hydrogen-bond acceptors (Lipinski definition) is 4. The minimum Gasteiger partial charge on any atom is -0.493 e. The summed E-state index contributed by atoms with van der Waals surface area (Å²) in [5.74, 6) is 0.590. The first kappa shape index (κ1) is 11.6. The third kappa shape index (κ3) is 1.44. The third-order valence-corrected chi connectivity index (χ3v) is 3.15. The van der Waals surface area contributed by atoms with E-state index in [1.165, 1.54) is 14.2 Å². The van der Waals surface area contributed by atoms with Gasteiger partial charge in [0.15, 0.2) is 23.1 Å². The standard InChI is InChI=1S/C13H14O4/c1-13(2)11(14)7-5-9(16-3)10(17-4)6-8(7)12(13)15/h5-6H,1-4H3. The average molecular weight is 234 g/mol. The molecule has 90 valence electrons. The van der Waals surface area contributed by atoms with E-state index in [2.05, 4.69) is 0 Å². The summed E-state index contributed by atoms with van der Waals surface area (Å²) < 4.78 is 10.2. The zero-order chi connectivity index (χ0) is 12.8. The number of ketones is 2. The van der Waals surface area contributed by atoms with Crippen molar-refractivity contribution >= 4 is 11.6 Å². The number of ether oxygens (including phenoxy) is 2. The van der Waals surface area contributed by atoms with Crippen LogP contribution in [0.3, 0.4) is 0 Å². The third-order valence-electron chi connectivity index (χ3n) is 3.15. The van der Waals surface area contributed by atoms with Crippen molar-refractivity contribution in [1.29, 1.82) is 0 Å². The zero-order valence-corrected chi connectivity index (χ0v) is 10.3. The topological polar surface area (TPSA) is 52.6 Å². The van der Waals surface area contributed by atoms with E-state index in [9.17, 15) is 9.59 Å². The van der Waals surface area contributed by atoms with Gasteiger partial charge in [0.25, 0.3) is 0 Å². The molecule has 2 rings (SSSR count). The highest BCUT2D eigenvalue weighted by molar-refractivity contribution is 6.29. The van der Waals surface area contributed by atoms with Crippen LogP contribution >= 0.6 is 0 Å². The van der Waals surface area contributed by atoms with Gasteiger partial charge in [0.2, 0.25) is 0 Å². The Morgan fingerprint density at radius 1 is 0.882 bits per heavy atom. The molecule has 4 nitrogen and oxygen atoms in total. The van der Waals surface area contributed by atoms with Crippen LogP contribution < -0.4 is 9.47 Å². The molecule has 0 bridgehead atoms. The highest BCUT2D eigenvalue weighted by Crippen LogP contribution is 2.41. The summed E-state index contributed by atoms with van der Waals surface area (Å²) in [6, 6.07) is 3.15. The summed E-state index contributed by atoms with van der Waals surface area (Å²) >= 11 is 0. The van der Waals surface area contributed by atoms with Crippen LogP contribution in [0.15, 0.2) is 12.1 Å². The Labute approximate surface area is 99.5 Å². The Morgan fingerprint density at radius 3 is 1.53 bits per heavy atom. The number of methoxy groups -OCH3 is 2. The fraction of sp³-hybridized carbons (Fsp3) is 0.385. The number of carbonyl (C=O) groups is 2. The molecule has 0 aromatic heterocycles. The number of benzene rings is 1. The number of Topliss-reactive ketones (excluding diaryl/α,β-unsaturated/α-hetero) is 2. The minimum atomic E-state index is -0.986. The van der Waals surface area contributed by atoms with Crippen LogP contribution in [-0.2, 0) is 0 Å². The highest BCUT2D eigenvalue weighted by atomic mass is 16.5. The van der Waals surface area contributed by atoms with Crippen molar-refractivity contribution in [2.24, 2.45) is 5.41 Å². The molecule has 0 aliphatic heterocycles. The van der Waals surface area contributed by atoms with E-state index >= 15 is 0 Å². The van der Waals surface area contributed by atoms with Gasteiger partial charge in [-0.3, -0.25) is 9.59 Å². The molecule has 0 heterocycles. The number of rotatable bonds is 2. The van der Waals surface area contributed by atoms with Gasteiger partial charge in [0, 0.05) is 11.1 Å². The lowest BCUT2D eigenvalue weighted by molar-refractivity contribution is 0.0746. The van der Waals surface area contributed by atoms with E-state index in [1.54, 1.807) is 26.0 Å². The van der Waals surface area contributed by atoms with Gasteiger partial charge in [-0.25, -0.2) is 0 Å². The van der Waals surface area contributed by atoms with E-state index in [0.717, 1.165) is 0 Å². The van der Waals surface area contributed by atoms with Crippen molar-refractivity contribution in [3.63, 3.8) is 0 Å². The summed E-state index contributed by atoms with van der Waals surface area (Å²) in [7, 11) is 2.99. The first-order chi connectivity index (χ1) is 7.93. The molecule has 1 aromatic rings. The van der Waals surface area contributed by atoms with E-state index < -0.39 is 5.41 Å². The normalized spacial score (nSPS) is 16.9. The first-order valence-corrected chi connectivity index (χ1v) is 5.29. The maximum atomic E-state index is 12.1. The molecule has 0 N–H and O–H groups in total. The lowest BCUT2D eigenvalue weighted by atomic mass is 9.88. The largest absolute Gasteiger partial charge is 0.493 e. The molecular weight excluding hydrogens is 220 g/mol. The molecule has 4 heteroatoms. The van der Waals surface area contributed by atoms with Gasteiger partial charge in [-0.15, -0.1) is 0 Å². The molecule has 0 saturated heterocycles. The molecule has 0 amide bonds. The van der Waals surface area contributed by atoms with Gasteiger partial charge < -0.3 is 9.47 Å².